The molecule has 0 amide bonds. The molecule has 0 unspecified atom stereocenters. The maximum absolute atomic E-state index is 9.44. The molecule has 11 heavy (non-hydrogen) atoms. The third-order valence-electron chi connectivity index (χ3n) is 2.03. The third kappa shape index (κ3) is 3.04. The lowest BCUT2D eigenvalue weighted by molar-refractivity contribution is 0.0380. The smallest absolute Gasteiger partial charge is 0.0794 e. The molecule has 0 bridgehead atoms. The molecule has 0 aromatic carbocycles. The molecule has 2 nitrogen and oxygen atoms in total. The van der Waals surface area contributed by atoms with Crippen molar-refractivity contribution in [1.82, 2.24) is 0 Å². The zero-order valence-electron chi connectivity index (χ0n) is 7.54. The van der Waals surface area contributed by atoms with E-state index in [2.05, 4.69) is 6.58 Å². The zero-order chi connectivity index (χ0) is 9.02. The average Bonchev–Trinajstić information content (AvgIpc) is 2.00. The second-order valence-electron chi connectivity index (χ2n) is 3.13. The summed E-state index contributed by atoms with van der Waals surface area (Å²) in [6.07, 6.45) is -0.336. The summed E-state index contributed by atoms with van der Waals surface area (Å²) in [7, 11) is 0. The molecule has 0 rings (SSSR count). The molecule has 0 aliphatic heterocycles. The van der Waals surface area contributed by atoms with Crippen LogP contribution in [0.15, 0.2) is 12.2 Å². The molecule has 0 aliphatic carbocycles. The van der Waals surface area contributed by atoms with Gasteiger partial charge >= 0.3 is 0 Å². The molecule has 0 aliphatic rings. The molecule has 0 saturated carbocycles. The van der Waals surface area contributed by atoms with Crippen LogP contribution >= 0.6 is 0 Å². The Kier molecular flexibility index (Phi) is 4.38. The Labute approximate surface area is 68.6 Å². The quantitative estimate of drug-likeness (QED) is 0.606. The van der Waals surface area contributed by atoms with Gasteiger partial charge in [-0.1, -0.05) is 26.0 Å². The molecular formula is C9H18O2. The van der Waals surface area contributed by atoms with Crippen molar-refractivity contribution in [3.05, 3.63) is 12.2 Å². The molecular weight excluding hydrogens is 140 g/mol. The summed E-state index contributed by atoms with van der Waals surface area (Å²) in [6, 6.07) is 0. The number of aliphatic hydroxyl groups is 2. The first-order valence-corrected chi connectivity index (χ1v) is 4.02. The van der Waals surface area contributed by atoms with Crippen molar-refractivity contribution in [1.29, 1.82) is 0 Å². The first-order valence-electron chi connectivity index (χ1n) is 4.02. The first-order chi connectivity index (χ1) is 5.00. The molecule has 66 valence electrons. The van der Waals surface area contributed by atoms with Crippen molar-refractivity contribution in [2.45, 2.75) is 39.4 Å². The van der Waals surface area contributed by atoms with Gasteiger partial charge in [-0.25, -0.2) is 0 Å². The van der Waals surface area contributed by atoms with Gasteiger partial charge in [0.1, 0.15) is 0 Å². The minimum Gasteiger partial charge on any atom is -0.393 e. The Bertz CT molecular complexity index is 132. The van der Waals surface area contributed by atoms with Crippen LogP contribution in [0.1, 0.15) is 27.2 Å². The summed E-state index contributed by atoms with van der Waals surface area (Å²) in [6.45, 7) is 9.12. The van der Waals surface area contributed by atoms with Crippen molar-refractivity contribution < 1.29 is 10.2 Å². The molecule has 2 heteroatoms. The van der Waals surface area contributed by atoms with Gasteiger partial charge in [-0.15, -0.1) is 0 Å². The Balaban J connectivity index is 4.00. The van der Waals surface area contributed by atoms with Crippen LogP contribution in [0.2, 0.25) is 0 Å². The van der Waals surface area contributed by atoms with Gasteiger partial charge in [0.15, 0.2) is 0 Å². The van der Waals surface area contributed by atoms with E-state index < -0.39 is 12.2 Å². The minimum atomic E-state index is -0.579. The van der Waals surface area contributed by atoms with Gasteiger partial charge in [-0.05, 0) is 13.3 Å². The van der Waals surface area contributed by atoms with Crippen LogP contribution in [-0.4, -0.2) is 22.4 Å². The Hall–Kier alpha value is -0.340. The highest BCUT2D eigenvalue weighted by Gasteiger charge is 2.20. The van der Waals surface area contributed by atoms with Gasteiger partial charge in [0.25, 0.3) is 0 Å². The number of hydrogen-bond acceptors (Lipinski definition) is 2. The maximum atomic E-state index is 9.44. The minimum absolute atomic E-state index is 0.113. The van der Waals surface area contributed by atoms with E-state index in [0.29, 0.717) is 12.0 Å². The van der Waals surface area contributed by atoms with E-state index in [0.717, 1.165) is 0 Å². The van der Waals surface area contributed by atoms with Crippen molar-refractivity contribution >= 4 is 0 Å². The summed E-state index contributed by atoms with van der Waals surface area (Å²) in [4.78, 5) is 0. The predicted octanol–water partition coefficient (Wildman–Crippen LogP) is 1.33. The highest BCUT2D eigenvalue weighted by Crippen LogP contribution is 2.16. The van der Waals surface area contributed by atoms with Crippen molar-refractivity contribution in [2.75, 3.05) is 0 Å². The van der Waals surface area contributed by atoms with Crippen LogP contribution in [0.4, 0.5) is 0 Å². The van der Waals surface area contributed by atoms with Crippen LogP contribution in [0.5, 0.6) is 0 Å². The fourth-order valence-electron chi connectivity index (χ4n) is 1.03. The van der Waals surface area contributed by atoms with Crippen LogP contribution in [0, 0.1) is 5.92 Å². The Morgan fingerprint density at radius 1 is 1.45 bits per heavy atom. The van der Waals surface area contributed by atoms with E-state index in [1.54, 1.807) is 6.92 Å². The van der Waals surface area contributed by atoms with Crippen LogP contribution in [0.3, 0.4) is 0 Å². The predicted molar refractivity (Wildman–Crippen MR) is 46.3 cm³/mol. The topological polar surface area (TPSA) is 40.5 Å². The molecule has 0 heterocycles. The monoisotopic (exact) mass is 158 g/mol. The van der Waals surface area contributed by atoms with E-state index in [1.165, 1.54) is 0 Å². The van der Waals surface area contributed by atoms with Crippen LogP contribution in [-0.2, 0) is 0 Å². The second-order valence-corrected chi connectivity index (χ2v) is 3.13. The molecule has 0 radical (unpaired) electrons. The standard InChI is InChI=1S/C9H18O2/c1-5-8(10)7(4)9(11)6(2)3/h7-11H,2,5H2,1,3-4H3/t7-,8+,9-/m0/s1. The van der Waals surface area contributed by atoms with E-state index in [4.69, 9.17) is 0 Å². The summed E-state index contributed by atoms with van der Waals surface area (Å²) >= 11 is 0. The van der Waals surface area contributed by atoms with E-state index in [-0.39, 0.29) is 5.92 Å². The number of aliphatic hydroxyl groups excluding tert-OH is 2. The lowest BCUT2D eigenvalue weighted by atomic mass is 9.93. The van der Waals surface area contributed by atoms with Crippen LogP contribution < -0.4 is 0 Å². The molecule has 2 N–H and O–H groups in total. The number of rotatable bonds is 4. The lowest BCUT2D eigenvalue weighted by Gasteiger charge is -2.23. The number of hydrogen-bond donors (Lipinski definition) is 2. The van der Waals surface area contributed by atoms with Gasteiger partial charge in [0.05, 0.1) is 12.2 Å². The molecule has 0 spiro atoms. The molecule has 3 atom stereocenters. The van der Waals surface area contributed by atoms with Gasteiger partial charge in [-0.2, -0.15) is 0 Å². The van der Waals surface area contributed by atoms with Crippen molar-refractivity contribution in [3.8, 4) is 0 Å². The largest absolute Gasteiger partial charge is 0.393 e. The highest BCUT2D eigenvalue weighted by molar-refractivity contribution is 4.99. The highest BCUT2D eigenvalue weighted by atomic mass is 16.3. The average molecular weight is 158 g/mol. The summed E-state index contributed by atoms with van der Waals surface area (Å²) < 4.78 is 0. The Morgan fingerprint density at radius 2 is 1.91 bits per heavy atom. The van der Waals surface area contributed by atoms with E-state index >= 15 is 0 Å². The molecule has 0 aromatic heterocycles. The Morgan fingerprint density at radius 3 is 2.18 bits per heavy atom. The molecule has 0 saturated heterocycles. The zero-order valence-corrected chi connectivity index (χ0v) is 7.54. The fourth-order valence-corrected chi connectivity index (χ4v) is 1.03. The van der Waals surface area contributed by atoms with Gasteiger partial charge < -0.3 is 10.2 Å². The third-order valence-corrected chi connectivity index (χ3v) is 2.03. The second kappa shape index (κ2) is 4.52. The summed E-state index contributed by atoms with van der Waals surface area (Å²) in [5, 5.41) is 18.8. The van der Waals surface area contributed by atoms with Crippen LogP contribution in [0.25, 0.3) is 0 Å². The van der Waals surface area contributed by atoms with Crippen molar-refractivity contribution in [3.63, 3.8) is 0 Å². The van der Waals surface area contributed by atoms with Gasteiger partial charge in [0, 0.05) is 5.92 Å². The van der Waals surface area contributed by atoms with Gasteiger partial charge in [-0.3, -0.25) is 0 Å². The van der Waals surface area contributed by atoms with Gasteiger partial charge in [0.2, 0.25) is 0 Å². The maximum Gasteiger partial charge on any atom is 0.0794 e. The fraction of sp³-hybridized carbons (Fsp3) is 0.778. The summed E-state index contributed by atoms with van der Waals surface area (Å²) in [5.74, 6) is -0.113. The SMILES string of the molecule is C=C(C)[C@H](O)[C@@H](C)[C@H](O)CC. The normalized spacial score (nSPS) is 19.0. The van der Waals surface area contributed by atoms with Crippen molar-refractivity contribution in [2.24, 2.45) is 5.92 Å². The molecule has 0 aromatic rings. The first kappa shape index (κ1) is 10.7. The lowest BCUT2D eigenvalue weighted by Crippen LogP contribution is -2.29. The van der Waals surface area contributed by atoms with E-state index in [9.17, 15) is 10.2 Å². The van der Waals surface area contributed by atoms with E-state index in [1.807, 2.05) is 13.8 Å². The molecule has 0 fully saturated rings. The summed E-state index contributed by atoms with van der Waals surface area (Å²) in [5.41, 5.74) is 0.713.